The van der Waals surface area contributed by atoms with E-state index in [1.54, 1.807) is 4.68 Å². The zero-order valence-corrected chi connectivity index (χ0v) is 15.4. The molecule has 9 heteroatoms. The molecule has 2 aromatic rings. The third kappa shape index (κ3) is 4.44. The molecule has 1 unspecified atom stereocenters. The van der Waals surface area contributed by atoms with E-state index in [0.29, 0.717) is 37.3 Å². The van der Waals surface area contributed by atoms with Gasteiger partial charge in [-0.05, 0) is 37.3 Å². The minimum absolute atomic E-state index is 0. The smallest absolute Gasteiger partial charge is 0.257 e. The van der Waals surface area contributed by atoms with Gasteiger partial charge in [-0.2, -0.15) is 0 Å². The first-order valence-corrected chi connectivity index (χ1v) is 8.77. The molecule has 4 heterocycles. The van der Waals surface area contributed by atoms with Gasteiger partial charge in [0.25, 0.3) is 5.88 Å². The van der Waals surface area contributed by atoms with Crippen molar-refractivity contribution < 1.29 is 14.2 Å². The van der Waals surface area contributed by atoms with Crippen LogP contribution < -0.4 is 15.2 Å². The Bertz CT molecular complexity index is 720. The number of hydrogen-bond donors (Lipinski definition) is 1. The molecule has 0 saturated carbocycles. The number of nitrogens with zero attached hydrogens (tertiary/aromatic N) is 4. The summed E-state index contributed by atoms with van der Waals surface area (Å²) in [5.41, 5.74) is 7.98. The lowest BCUT2D eigenvalue weighted by Crippen LogP contribution is -2.21. The Kier molecular flexibility index (Phi) is 6.29. The summed E-state index contributed by atoms with van der Waals surface area (Å²) in [6, 6.07) is 3.70. The van der Waals surface area contributed by atoms with Crippen molar-refractivity contribution in [1.29, 1.82) is 0 Å². The van der Waals surface area contributed by atoms with Crippen LogP contribution in [0, 0.1) is 5.92 Å². The SMILES string of the molecule is Cl.NC(CC1CCOCC1)c1cn(Cc2ccc3c(n2)OCCO3)nn1. The van der Waals surface area contributed by atoms with Crippen molar-refractivity contribution in [3.8, 4) is 11.6 Å². The zero-order valence-electron chi connectivity index (χ0n) is 14.5. The molecule has 0 amide bonds. The summed E-state index contributed by atoms with van der Waals surface area (Å²) in [5.74, 6) is 1.83. The van der Waals surface area contributed by atoms with Crippen LogP contribution in [0.3, 0.4) is 0 Å². The summed E-state index contributed by atoms with van der Waals surface area (Å²) < 4.78 is 18.2. The Morgan fingerprint density at radius 3 is 2.81 bits per heavy atom. The maximum Gasteiger partial charge on any atom is 0.257 e. The van der Waals surface area contributed by atoms with Crippen molar-refractivity contribution in [3.63, 3.8) is 0 Å². The van der Waals surface area contributed by atoms with Crippen LogP contribution in [0.4, 0.5) is 0 Å². The molecule has 0 aromatic carbocycles. The summed E-state index contributed by atoms with van der Waals surface area (Å²) >= 11 is 0. The van der Waals surface area contributed by atoms with E-state index in [9.17, 15) is 0 Å². The van der Waals surface area contributed by atoms with Crippen molar-refractivity contribution in [3.05, 3.63) is 29.7 Å². The number of hydrogen-bond acceptors (Lipinski definition) is 7. The van der Waals surface area contributed by atoms with Crippen LogP contribution in [-0.2, 0) is 11.3 Å². The van der Waals surface area contributed by atoms with Gasteiger partial charge < -0.3 is 19.9 Å². The molecule has 1 fully saturated rings. The molecular weight excluding hydrogens is 358 g/mol. The monoisotopic (exact) mass is 381 g/mol. The molecule has 2 aliphatic rings. The van der Waals surface area contributed by atoms with Gasteiger partial charge in [0.05, 0.1) is 30.2 Å². The van der Waals surface area contributed by atoms with Crippen LogP contribution in [0.25, 0.3) is 0 Å². The first-order chi connectivity index (χ1) is 12.3. The van der Waals surface area contributed by atoms with Crippen LogP contribution >= 0.6 is 12.4 Å². The fourth-order valence-corrected chi connectivity index (χ4v) is 3.25. The third-order valence-electron chi connectivity index (χ3n) is 4.65. The molecule has 2 aliphatic heterocycles. The van der Waals surface area contributed by atoms with Crippen LogP contribution in [0.5, 0.6) is 11.6 Å². The van der Waals surface area contributed by atoms with Crippen LogP contribution in [0.15, 0.2) is 18.3 Å². The Morgan fingerprint density at radius 2 is 1.96 bits per heavy atom. The standard InChI is InChI=1S/C17H23N5O3.ClH/c18-14(9-12-3-5-23-6-4-12)15-11-22(21-20-15)10-13-1-2-16-17(19-13)25-8-7-24-16;/h1-2,11-12,14H,3-10,18H2;1H. The molecule has 0 radical (unpaired) electrons. The van der Waals surface area contributed by atoms with Gasteiger partial charge in [-0.25, -0.2) is 9.67 Å². The second-order valence-corrected chi connectivity index (χ2v) is 6.54. The molecule has 26 heavy (non-hydrogen) atoms. The van der Waals surface area contributed by atoms with Gasteiger partial charge in [-0.3, -0.25) is 0 Å². The highest BCUT2D eigenvalue weighted by Crippen LogP contribution is 2.28. The zero-order chi connectivity index (χ0) is 17.1. The van der Waals surface area contributed by atoms with Crippen molar-refractivity contribution in [2.45, 2.75) is 31.8 Å². The van der Waals surface area contributed by atoms with Crippen molar-refractivity contribution in [2.24, 2.45) is 11.7 Å². The van der Waals surface area contributed by atoms with Gasteiger partial charge in [0, 0.05) is 13.2 Å². The Labute approximate surface area is 158 Å². The molecule has 0 aliphatic carbocycles. The summed E-state index contributed by atoms with van der Waals surface area (Å²) in [6.07, 6.45) is 4.97. The molecule has 1 saturated heterocycles. The molecule has 2 N–H and O–H groups in total. The largest absolute Gasteiger partial charge is 0.484 e. The van der Waals surface area contributed by atoms with Gasteiger partial charge >= 0.3 is 0 Å². The van der Waals surface area contributed by atoms with E-state index in [1.807, 2.05) is 18.3 Å². The average molecular weight is 382 g/mol. The van der Waals surface area contributed by atoms with Gasteiger partial charge in [0.1, 0.15) is 13.2 Å². The summed E-state index contributed by atoms with van der Waals surface area (Å²) in [7, 11) is 0. The van der Waals surface area contributed by atoms with Gasteiger partial charge in [-0.1, -0.05) is 5.21 Å². The Morgan fingerprint density at radius 1 is 1.15 bits per heavy atom. The lowest BCUT2D eigenvalue weighted by molar-refractivity contribution is 0.0617. The van der Waals surface area contributed by atoms with Gasteiger partial charge in [-0.15, -0.1) is 17.5 Å². The quantitative estimate of drug-likeness (QED) is 0.842. The fourth-order valence-electron chi connectivity index (χ4n) is 3.25. The molecule has 8 nitrogen and oxygen atoms in total. The Balaban J connectivity index is 0.00000196. The Hall–Kier alpha value is -1.90. The van der Waals surface area contributed by atoms with Crippen molar-refractivity contribution in [2.75, 3.05) is 26.4 Å². The molecule has 4 rings (SSSR count). The average Bonchev–Trinajstić information content (AvgIpc) is 3.11. The van der Waals surface area contributed by atoms with E-state index in [1.165, 1.54) is 0 Å². The van der Waals surface area contributed by atoms with Crippen molar-refractivity contribution in [1.82, 2.24) is 20.0 Å². The number of aromatic nitrogens is 4. The topological polar surface area (TPSA) is 97.3 Å². The predicted molar refractivity (Wildman–Crippen MR) is 96.7 cm³/mol. The number of halogens is 1. The highest BCUT2D eigenvalue weighted by atomic mass is 35.5. The van der Waals surface area contributed by atoms with Crippen LogP contribution in [0.1, 0.15) is 36.7 Å². The first-order valence-electron chi connectivity index (χ1n) is 8.77. The summed E-state index contributed by atoms with van der Waals surface area (Å²) in [5, 5.41) is 8.43. The van der Waals surface area contributed by atoms with Crippen LogP contribution in [0.2, 0.25) is 0 Å². The van der Waals surface area contributed by atoms with E-state index in [-0.39, 0.29) is 18.4 Å². The van der Waals surface area contributed by atoms with Crippen LogP contribution in [-0.4, -0.2) is 46.4 Å². The van der Waals surface area contributed by atoms with E-state index >= 15 is 0 Å². The maximum absolute atomic E-state index is 6.31. The van der Waals surface area contributed by atoms with Gasteiger partial charge in [0.15, 0.2) is 5.75 Å². The van der Waals surface area contributed by atoms with Gasteiger partial charge in [0.2, 0.25) is 0 Å². The summed E-state index contributed by atoms with van der Waals surface area (Å²) in [4.78, 5) is 4.48. The normalized spacial score (nSPS) is 18.2. The van der Waals surface area contributed by atoms with E-state index in [2.05, 4.69) is 15.3 Å². The molecule has 0 bridgehead atoms. The minimum Gasteiger partial charge on any atom is -0.484 e. The highest BCUT2D eigenvalue weighted by molar-refractivity contribution is 5.85. The molecule has 2 aromatic heterocycles. The molecule has 142 valence electrons. The number of ether oxygens (including phenoxy) is 3. The second-order valence-electron chi connectivity index (χ2n) is 6.54. The molecule has 1 atom stereocenters. The van der Waals surface area contributed by atoms with E-state index in [4.69, 9.17) is 19.9 Å². The number of fused-ring (bicyclic) bond motifs is 1. The lowest BCUT2D eigenvalue weighted by Gasteiger charge is -2.23. The van der Waals surface area contributed by atoms with E-state index in [0.717, 1.165) is 43.9 Å². The molecule has 0 spiro atoms. The lowest BCUT2D eigenvalue weighted by atomic mass is 9.92. The second kappa shape index (κ2) is 8.66. The maximum atomic E-state index is 6.31. The highest BCUT2D eigenvalue weighted by Gasteiger charge is 2.20. The predicted octanol–water partition coefficient (Wildman–Crippen LogP) is 1.73. The fraction of sp³-hybridized carbons (Fsp3) is 0.588. The molecular formula is C17H24ClN5O3. The number of nitrogens with two attached hydrogens (primary N) is 1. The number of rotatable bonds is 5. The van der Waals surface area contributed by atoms with Crippen molar-refractivity contribution >= 4 is 12.4 Å². The minimum atomic E-state index is -0.0925. The number of pyridine rings is 1. The van der Waals surface area contributed by atoms with E-state index < -0.39 is 0 Å². The third-order valence-corrected chi connectivity index (χ3v) is 4.65. The summed E-state index contributed by atoms with van der Waals surface area (Å²) in [6.45, 7) is 3.27. The first kappa shape index (κ1) is 18.9.